The Morgan fingerprint density at radius 3 is 1.55 bits per heavy atom. The molecule has 2 aliphatic heterocycles. The zero-order valence-corrected chi connectivity index (χ0v) is 33.4. The van der Waals surface area contributed by atoms with Crippen LogP contribution in [0.3, 0.4) is 0 Å². The Labute approximate surface area is 337 Å². The first-order valence-electron chi connectivity index (χ1n) is 20.0. The minimum Gasteiger partial charge on any atom is -0.309 e. The van der Waals surface area contributed by atoms with E-state index < -0.39 is 14.3 Å². The maximum atomic E-state index is 16.5. The lowest BCUT2D eigenvalue weighted by atomic mass is 9.82. The minimum absolute atomic E-state index is 0.759. The predicted molar refractivity (Wildman–Crippen MR) is 247 cm³/mol. The lowest BCUT2D eigenvalue weighted by Gasteiger charge is -2.23. The van der Waals surface area contributed by atoms with Crippen molar-refractivity contribution < 1.29 is 9.13 Å². The number of allylic oxidation sites excluding steroid dienone is 4. The summed E-state index contributed by atoms with van der Waals surface area (Å²) in [4.78, 5) is 0. The molecular weight excluding hydrogens is 743 g/mol. The van der Waals surface area contributed by atoms with Gasteiger partial charge in [-0.1, -0.05) is 182 Å². The van der Waals surface area contributed by atoms with Crippen molar-refractivity contribution in [1.82, 2.24) is 0 Å². The fraction of sp³-hybridized carbons (Fsp3) is 0.0370. The Kier molecular flexibility index (Phi) is 7.34. The second kappa shape index (κ2) is 12.6. The van der Waals surface area contributed by atoms with Crippen LogP contribution in [0.1, 0.15) is 12.8 Å². The summed E-state index contributed by atoms with van der Waals surface area (Å²) in [6, 6.07) is 61.5. The van der Waals surface area contributed by atoms with Gasteiger partial charge in [-0.2, -0.15) is 0 Å². The average molecular weight is 779 g/mol. The molecule has 12 rings (SSSR count). The third-order valence-electron chi connectivity index (χ3n) is 12.7. The first kappa shape index (κ1) is 33.8. The molecule has 2 nitrogen and oxygen atoms in total. The van der Waals surface area contributed by atoms with Crippen molar-refractivity contribution in [1.29, 1.82) is 0 Å². The molecule has 3 aliphatic rings. The van der Waals surface area contributed by atoms with Crippen LogP contribution in [0.25, 0.3) is 76.8 Å². The largest absolute Gasteiger partial charge is 0.309 e. The molecule has 58 heavy (non-hydrogen) atoms. The van der Waals surface area contributed by atoms with Gasteiger partial charge in [0.15, 0.2) is 14.3 Å². The van der Waals surface area contributed by atoms with E-state index in [0.717, 1.165) is 99.6 Å². The fourth-order valence-electron chi connectivity index (χ4n) is 10.3. The summed E-state index contributed by atoms with van der Waals surface area (Å²) in [7, 11) is -6.58. The Balaban J connectivity index is 1.31. The van der Waals surface area contributed by atoms with Gasteiger partial charge in [-0.25, -0.2) is 0 Å². The molecule has 0 amide bonds. The van der Waals surface area contributed by atoms with Gasteiger partial charge in [0.1, 0.15) is 0 Å². The molecule has 0 N–H and O–H groups in total. The molecule has 2 unspecified atom stereocenters. The van der Waals surface area contributed by atoms with Gasteiger partial charge in [-0.3, -0.25) is 0 Å². The topological polar surface area (TPSA) is 34.1 Å². The lowest BCUT2D eigenvalue weighted by molar-refractivity contribution is 0.589. The molecule has 9 aromatic rings. The number of benzene rings is 9. The second-order valence-corrected chi connectivity index (χ2v) is 21.1. The van der Waals surface area contributed by atoms with Gasteiger partial charge >= 0.3 is 0 Å². The third-order valence-corrected chi connectivity index (χ3v) is 19.2. The van der Waals surface area contributed by atoms with E-state index in [0.29, 0.717) is 0 Å². The van der Waals surface area contributed by atoms with Gasteiger partial charge < -0.3 is 9.13 Å². The smallest absolute Gasteiger partial charge is 0.172 e. The van der Waals surface area contributed by atoms with Crippen molar-refractivity contribution in [3.05, 3.63) is 199 Å². The van der Waals surface area contributed by atoms with E-state index >= 15 is 9.13 Å². The zero-order chi connectivity index (χ0) is 38.6. The summed E-state index contributed by atoms with van der Waals surface area (Å²) in [5.74, 6) is 0. The molecule has 9 aromatic carbocycles. The van der Waals surface area contributed by atoms with E-state index in [1.807, 2.05) is 42.5 Å². The molecule has 4 heteroatoms. The van der Waals surface area contributed by atoms with Gasteiger partial charge in [0.05, 0.1) is 0 Å². The number of hydrogen-bond acceptors (Lipinski definition) is 2. The Hall–Kier alpha value is -6.30. The van der Waals surface area contributed by atoms with Crippen molar-refractivity contribution >= 4 is 73.1 Å². The van der Waals surface area contributed by atoms with Crippen LogP contribution in [0, 0.1) is 0 Å². The highest BCUT2D eigenvalue weighted by atomic mass is 31.2. The van der Waals surface area contributed by atoms with Gasteiger partial charge in [-0.15, -0.1) is 0 Å². The molecule has 0 saturated carbocycles. The van der Waals surface area contributed by atoms with Crippen LogP contribution in [0.15, 0.2) is 199 Å². The highest BCUT2D eigenvalue weighted by Crippen LogP contribution is 2.64. The third kappa shape index (κ3) is 4.45. The van der Waals surface area contributed by atoms with Crippen molar-refractivity contribution in [2.24, 2.45) is 0 Å². The van der Waals surface area contributed by atoms with Crippen LogP contribution in [0.4, 0.5) is 0 Å². The molecule has 0 aromatic heterocycles. The van der Waals surface area contributed by atoms with Crippen LogP contribution in [-0.2, 0) is 9.13 Å². The molecule has 0 saturated heterocycles. The monoisotopic (exact) mass is 778 g/mol. The van der Waals surface area contributed by atoms with Gasteiger partial charge in [0.2, 0.25) is 0 Å². The van der Waals surface area contributed by atoms with Crippen LogP contribution >= 0.6 is 14.3 Å². The summed E-state index contributed by atoms with van der Waals surface area (Å²) in [6.45, 7) is 0. The van der Waals surface area contributed by atoms with Crippen molar-refractivity contribution in [2.75, 3.05) is 0 Å². The highest BCUT2D eigenvalue weighted by Gasteiger charge is 2.46. The van der Waals surface area contributed by atoms with Gasteiger partial charge in [0.25, 0.3) is 0 Å². The number of hydrogen-bond donors (Lipinski definition) is 0. The van der Waals surface area contributed by atoms with Crippen LogP contribution in [0.5, 0.6) is 0 Å². The zero-order valence-electron chi connectivity index (χ0n) is 31.6. The van der Waals surface area contributed by atoms with Gasteiger partial charge in [-0.05, 0) is 96.0 Å². The van der Waals surface area contributed by atoms with Crippen molar-refractivity contribution in [2.45, 2.75) is 12.8 Å². The molecule has 274 valence electrons. The van der Waals surface area contributed by atoms with Crippen LogP contribution in [0.2, 0.25) is 0 Å². The SMILES string of the molecule is O=P1(C2=CC=CCC2)c2ccccc2-c2c1ccc1c(-c3c4ccccc4c(-c4ccccc4)c4ccccc34)cc3c(c21)-c1ccccc1P3(=O)c1ccccc1. The Bertz CT molecular complexity index is 3340. The molecule has 2 heterocycles. The maximum absolute atomic E-state index is 16.5. The molecule has 1 aliphatic carbocycles. The standard InChI is InChI=1S/C54H36O2P2/c55-57(36-20-6-2-7-21-36)46-30-16-14-28-43(46)52-48(57)33-32-42-45(34-49-53(54(42)52)44-29-15-17-31-47(44)58(49,56)37-22-8-3-9-23-37)51-40-26-12-10-24-38(40)50(35-18-4-1-5-19-35)39-25-11-13-27-41(39)51/h1-6,8-20,22-34H,7,21H2. The quantitative estimate of drug-likeness (QED) is 0.132. The Morgan fingerprint density at radius 1 is 0.397 bits per heavy atom. The first-order chi connectivity index (χ1) is 28.6. The molecule has 2 atom stereocenters. The van der Waals surface area contributed by atoms with E-state index in [-0.39, 0.29) is 0 Å². The average Bonchev–Trinajstić information content (AvgIpc) is 3.72. The molecule has 0 bridgehead atoms. The molecule has 0 spiro atoms. The van der Waals surface area contributed by atoms with Gasteiger partial charge in [0, 0.05) is 37.6 Å². The first-order valence-corrected chi connectivity index (χ1v) is 23.5. The molecule has 0 radical (unpaired) electrons. The second-order valence-electron chi connectivity index (χ2n) is 15.6. The van der Waals surface area contributed by atoms with E-state index in [4.69, 9.17) is 0 Å². The van der Waals surface area contributed by atoms with E-state index in [2.05, 4.69) is 152 Å². The summed E-state index contributed by atoms with van der Waals surface area (Å²) in [5, 5.41) is 12.0. The van der Waals surface area contributed by atoms with Crippen LogP contribution in [-0.4, -0.2) is 0 Å². The summed E-state index contributed by atoms with van der Waals surface area (Å²) < 4.78 is 32.6. The predicted octanol–water partition coefficient (Wildman–Crippen LogP) is 12.6. The number of rotatable bonds is 4. The van der Waals surface area contributed by atoms with Crippen molar-refractivity contribution in [3.63, 3.8) is 0 Å². The normalized spacial score (nSPS) is 18.9. The summed E-state index contributed by atoms with van der Waals surface area (Å²) in [5.41, 5.74) is 8.52. The summed E-state index contributed by atoms with van der Waals surface area (Å²) >= 11 is 0. The Morgan fingerprint density at radius 2 is 0.931 bits per heavy atom. The minimum atomic E-state index is -3.39. The summed E-state index contributed by atoms with van der Waals surface area (Å²) in [6.07, 6.45) is 7.95. The maximum Gasteiger partial charge on any atom is 0.172 e. The van der Waals surface area contributed by atoms with E-state index in [1.165, 1.54) is 21.9 Å². The van der Waals surface area contributed by atoms with Crippen LogP contribution < -0.4 is 26.5 Å². The van der Waals surface area contributed by atoms with E-state index in [9.17, 15) is 0 Å². The number of fused-ring (bicyclic) bond motifs is 11. The highest BCUT2D eigenvalue weighted by molar-refractivity contribution is 7.86. The lowest BCUT2D eigenvalue weighted by Crippen LogP contribution is -2.21. The van der Waals surface area contributed by atoms with Crippen molar-refractivity contribution in [3.8, 4) is 44.5 Å². The van der Waals surface area contributed by atoms with E-state index in [1.54, 1.807) is 0 Å². The fourth-order valence-corrected chi connectivity index (χ4v) is 16.7. The molecule has 0 fully saturated rings. The molecular formula is C54H36O2P2.